The van der Waals surface area contributed by atoms with E-state index in [0.717, 1.165) is 40.8 Å². The molecule has 0 radical (unpaired) electrons. The normalized spacial score (nSPS) is 16.9. The van der Waals surface area contributed by atoms with Crippen molar-refractivity contribution in [2.45, 2.75) is 57.0 Å². The van der Waals surface area contributed by atoms with Crippen LogP contribution in [0.4, 0.5) is 4.79 Å². The van der Waals surface area contributed by atoms with Crippen LogP contribution in [0.15, 0.2) is 59.1 Å². The smallest absolute Gasteiger partial charge is 0.405 e. The van der Waals surface area contributed by atoms with E-state index in [1.54, 1.807) is 0 Å². The van der Waals surface area contributed by atoms with Crippen molar-refractivity contribution in [1.29, 1.82) is 0 Å². The Bertz CT molecular complexity index is 1220. The Morgan fingerprint density at radius 2 is 1.79 bits per heavy atom. The van der Waals surface area contributed by atoms with Crippen molar-refractivity contribution in [3.05, 3.63) is 54.7 Å². The lowest BCUT2D eigenvalue weighted by Gasteiger charge is -2.12. The zero-order valence-electron chi connectivity index (χ0n) is 18.6. The van der Waals surface area contributed by atoms with Crippen molar-refractivity contribution in [2.24, 2.45) is 0 Å². The highest BCUT2D eigenvalue weighted by molar-refractivity contribution is 5.76. The molecule has 2 saturated carbocycles. The molecular weight excluding hydrogens is 418 g/mol. The number of rotatable bonds is 4. The van der Waals surface area contributed by atoms with Gasteiger partial charge in [-0.05, 0) is 56.9 Å². The summed E-state index contributed by atoms with van der Waals surface area (Å²) in [6.45, 7) is 1.90. The Kier molecular flexibility index (Phi) is 5.58. The van der Waals surface area contributed by atoms with Gasteiger partial charge in [0, 0.05) is 16.7 Å². The van der Waals surface area contributed by atoms with Gasteiger partial charge in [0.05, 0.1) is 17.9 Å². The van der Waals surface area contributed by atoms with E-state index in [0.29, 0.717) is 11.9 Å². The van der Waals surface area contributed by atoms with Crippen LogP contribution in [0.1, 0.15) is 51.5 Å². The summed E-state index contributed by atoms with van der Waals surface area (Å²) < 4.78 is 7.93. The summed E-state index contributed by atoms with van der Waals surface area (Å²) in [7, 11) is 0. The minimum Gasteiger partial charge on any atom is -0.465 e. The zero-order valence-corrected chi connectivity index (χ0v) is 18.6. The van der Waals surface area contributed by atoms with E-state index < -0.39 is 6.09 Å². The molecule has 0 unspecified atom stereocenters. The quantitative estimate of drug-likeness (QED) is 0.419. The Labute approximate surface area is 191 Å². The Morgan fingerprint density at radius 1 is 1.09 bits per heavy atom. The number of nitrogens with zero attached hydrogens (tertiary/aromatic N) is 4. The van der Waals surface area contributed by atoms with Crippen LogP contribution in [-0.2, 0) is 0 Å². The van der Waals surface area contributed by atoms with E-state index in [9.17, 15) is 4.79 Å². The predicted molar refractivity (Wildman–Crippen MR) is 125 cm³/mol. The van der Waals surface area contributed by atoms with Crippen molar-refractivity contribution in [2.75, 3.05) is 0 Å². The zero-order chi connectivity index (χ0) is 22.8. The van der Waals surface area contributed by atoms with Crippen molar-refractivity contribution < 1.29 is 14.3 Å². The van der Waals surface area contributed by atoms with Crippen molar-refractivity contribution in [1.82, 2.24) is 25.3 Å². The summed E-state index contributed by atoms with van der Waals surface area (Å²) in [5.74, 6) is 0.648. The van der Waals surface area contributed by atoms with Crippen LogP contribution in [0.5, 0.6) is 0 Å². The lowest BCUT2D eigenvalue weighted by Crippen LogP contribution is -2.32. The largest absolute Gasteiger partial charge is 0.465 e. The highest BCUT2D eigenvalue weighted by Gasteiger charge is 2.38. The number of fused-ring (bicyclic) bond motifs is 1. The number of amides is 1. The lowest BCUT2D eigenvalue weighted by atomic mass is 10.1. The van der Waals surface area contributed by atoms with E-state index in [1.165, 1.54) is 25.7 Å². The number of para-hydroxylation sites is 2. The second-order valence-corrected chi connectivity index (χ2v) is 9.06. The summed E-state index contributed by atoms with van der Waals surface area (Å²) in [5, 5.41) is 19.0. The molecule has 8 nitrogen and oxygen atoms in total. The predicted octanol–water partition coefficient (Wildman–Crippen LogP) is 5.67. The fraction of sp³-hybridized carbons (Fsp3) is 0.360. The molecule has 6 rings (SSSR count). The molecule has 2 aliphatic carbocycles. The number of hydrogen-bond acceptors (Lipinski definition) is 5. The summed E-state index contributed by atoms with van der Waals surface area (Å²) in [5.41, 5.74) is 4.79. The topological polar surface area (TPSA) is 106 Å². The minimum atomic E-state index is -0.912. The highest BCUT2D eigenvalue weighted by Crippen LogP contribution is 2.34. The second kappa shape index (κ2) is 8.69. The number of aromatic nitrogens is 4. The minimum absolute atomic E-state index is 0.0775. The Hall–Kier alpha value is -3.68. The van der Waals surface area contributed by atoms with Crippen LogP contribution < -0.4 is 5.32 Å². The molecule has 0 atom stereocenters. The molecule has 33 heavy (non-hydrogen) atoms. The second-order valence-electron chi connectivity index (χ2n) is 9.06. The molecule has 8 heteroatoms. The van der Waals surface area contributed by atoms with Gasteiger partial charge >= 0.3 is 6.09 Å². The van der Waals surface area contributed by atoms with Gasteiger partial charge in [0.15, 0.2) is 5.58 Å². The maximum absolute atomic E-state index is 9.94. The molecule has 2 fully saturated rings. The van der Waals surface area contributed by atoms with Crippen LogP contribution in [0.3, 0.4) is 0 Å². The first-order valence-electron chi connectivity index (χ1n) is 11.4. The molecule has 1 amide bonds. The molecule has 2 aromatic carbocycles. The standard InChI is InChI=1S/C20H18N4O.C5H9NO2/c1-2-6-16(5-1)24-18(13-21-23-24)14-9-11-15(12-10-14)20-22-17-7-3-4-8-19(17)25-20;1-5(2-3-5)6-4(7)8/h3-4,7-13,16H,1-2,5-6H2;6H,2-3H2,1H3,(H,7,8). The van der Waals surface area contributed by atoms with Crippen LogP contribution >= 0.6 is 0 Å². The summed E-state index contributed by atoms with van der Waals surface area (Å²) in [4.78, 5) is 14.5. The first kappa shape index (κ1) is 21.2. The van der Waals surface area contributed by atoms with Gasteiger partial charge in [-0.3, -0.25) is 0 Å². The monoisotopic (exact) mass is 445 g/mol. The molecule has 4 aromatic rings. The van der Waals surface area contributed by atoms with Gasteiger partial charge < -0.3 is 14.8 Å². The van der Waals surface area contributed by atoms with E-state index in [2.05, 4.69) is 37.4 Å². The summed E-state index contributed by atoms with van der Waals surface area (Å²) in [6, 6.07) is 16.6. The average molecular weight is 446 g/mol. The molecule has 0 saturated heterocycles. The van der Waals surface area contributed by atoms with Gasteiger partial charge in [0.2, 0.25) is 5.89 Å². The van der Waals surface area contributed by atoms with Gasteiger partial charge in [-0.15, -0.1) is 5.10 Å². The summed E-state index contributed by atoms with van der Waals surface area (Å²) in [6.07, 6.45) is 7.85. The Balaban J connectivity index is 0.000000243. The molecule has 170 valence electrons. The van der Waals surface area contributed by atoms with E-state index in [-0.39, 0.29) is 5.54 Å². The molecule has 2 N–H and O–H groups in total. The van der Waals surface area contributed by atoms with Crippen LogP contribution in [-0.4, -0.2) is 36.7 Å². The van der Waals surface area contributed by atoms with Gasteiger partial charge in [0.25, 0.3) is 0 Å². The van der Waals surface area contributed by atoms with Crippen LogP contribution in [0.2, 0.25) is 0 Å². The number of oxazole rings is 1. The molecule has 0 bridgehead atoms. The molecule has 0 spiro atoms. The van der Waals surface area contributed by atoms with E-state index >= 15 is 0 Å². The van der Waals surface area contributed by atoms with Gasteiger partial charge in [-0.1, -0.05) is 42.3 Å². The number of hydrogen-bond donors (Lipinski definition) is 2. The fourth-order valence-corrected chi connectivity index (χ4v) is 4.22. The SMILES string of the molecule is CC1(NC(=O)O)CC1.c1ccc2oc(-c3ccc(-c4cnnn4C4CCCC4)cc3)nc2c1. The third-order valence-electron chi connectivity index (χ3n) is 6.38. The molecule has 2 heterocycles. The van der Waals surface area contributed by atoms with Crippen molar-refractivity contribution in [3.63, 3.8) is 0 Å². The van der Waals surface area contributed by atoms with Gasteiger partial charge in [-0.25, -0.2) is 14.5 Å². The number of carbonyl (C=O) groups is 1. The third kappa shape index (κ3) is 4.74. The van der Waals surface area contributed by atoms with Crippen molar-refractivity contribution >= 4 is 17.2 Å². The fourth-order valence-electron chi connectivity index (χ4n) is 4.22. The number of nitrogens with one attached hydrogen (secondary N) is 1. The van der Waals surface area contributed by atoms with E-state index in [1.807, 2.05) is 49.5 Å². The first-order valence-corrected chi connectivity index (χ1v) is 11.4. The molecule has 0 aliphatic heterocycles. The lowest BCUT2D eigenvalue weighted by molar-refractivity contribution is 0.189. The first-order chi connectivity index (χ1) is 16.0. The van der Waals surface area contributed by atoms with Crippen molar-refractivity contribution in [3.8, 4) is 22.7 Å². The van der Waals surface area contributed by atoms with Gasteiger partial charge in [0.1, 0.15) is 5.52 Å². The van der Waals surface area contributed by atoms with Crippen LogP contribution in [0, 0.1) is 0 Å². The molecule has 2 aliphatic rings. The maximum Gasteiger partial charge on any atom is 0.405 e. The molecular formula is C25H27N5O3. The number of carboxylic acid groups (broad SMARTS) is 1. The third-order valence-corrected chi connectivity index (χ3v) is 6.38. The number of benzene rings is 2. The van der Waals surface area contributed by atoms with E-state index in [4.69, 9.17) is 9.52 Å². The van der Waals surface area contributed by atoms with Gasteiger partial charge in [-0.2, -0.15) is 0 Å². The molecule has 2 aromatic heterocycles. The maximum atomic E-state index is 9.94. The highest BCUT2D eigenvalue weighted by atomic mass is 16.4. The average Bonchev–Trinajstić information content (AvgIpc) is 3.29. The Morgan fingerprint density at radius 3 is 2.42 bits per heavy atom. The summed E-state index contributed by atoms with van der Waals surface area (Å²) >= 11 is 0. The van der Waals surface area contributed by atoms with Crippen LogP contribution in [0.25, 0.3) is 33.8 Å².